The predicted octanol–water partition coefficient (Wildman–Crippen LogP) is 6.30. The van der Waals surface area contributed by atoms with E-state index in [0.29, 0.717) is 18.2 Å². The number of methoxy groups -OCH3 is 1. The van der Waals surface area contributed by atoms with Gasteiger partial charge in [-0.15, -0.1) is 0 Å². The molecular formula is C36H41NO9S. The molecule has 0 radical (unpaired) electrons. The minimum Gasteiger partial charge on any atom is -0.508 e. The first-order valence-corrected chi connectivity index (χ1v) is 16.7. The molecular weight excluding hydrogens is 622 g/mol. The summed E-state index contributed by atoms with van der Waals surface area (Å²) in [6.45, 7) is 0. The molecule has 10 nitrogen and oxygen atoms in total. The maximum Gasteiger partial charge on any atom is 0.394 e. The zero-order chi connectivity index (χ0) is 34.0. The van der Waals surface area contributed by atoms with E-state index in [2.05, 4.69) is 72.6 Å². The molecule has 4 N–H and O–H groups in total. The second-order valence-corrected chi connectivity index (χ2v) is 12.5. The Morgan fingerprint density at radius 1 is 0.830 bits per heavy atom. The zero-order valence-electron chi connectivity index (χ0n) is 26.3. The number of fused-ring (bicyclic) bond motifs is 2. The second kappa shape index (κ2) is 16.5. The molecule has 47 heavy (non-hydrogen) atoms. The molecule has 2 bridgehead atoms. The lowest BCUT2D eigenvalue weighted by Crippen LogP contribution is -2.43. The van der Waals surface area contributed by atoms with Crippen molar-refractivity contribution in [3.8, 4) is 17.2 Å². The van der Waals surface area contributed by atoms with Gasteiger partial charge in [0.2, 0.25) is 0 Å². The van der Waals surface area contributed by atoms with Crippen LogP contribution in [-0.2, 0) is 21.6 Å². The van der Waals surface area contributed by atoms with Crippen molar-refractivity contribution in [3.05, 3.63) is 125 Å². The van der Waals surface area contributed by atoms with E-state index >= 15 is 0 Å². The summed E-state index contributed by atoms with van der Waals surface area (Å²) in [6, 6.07) is 33.8. The monoisotopic (exact) mass is 663 g/mol. The maximum atomic E-state index is 12.0. The Hall–Kier alpha value is -4.26. The third-order valence-corrected chi connectivity index (χ3v) is 8.39. The summed E-state index contributed by atoms with van der Waals surface area (Å²) < 4.78 is 43.3. The number of hydrogen-bond acceptors (Lipinski definition) is 8. The summed E-state index contributed by atoms with van der Waals surface area (Å²) in [7, 11) is -0.806. The molecule has 0 saturated carbocycles. The van der Waals surface area contributed by atoms with E-state index in [4.69, 9.17) is 27.0 Å². The van der Waals surface area contributed by atoms with Crippen molar-refractivity contribution in [2.75, 3.05) is 14.2 Å². The van der Waals surface area contributed by atoms with Crippen LogP contribution in [0.3, 0.4) is 0 Å². The smallest absolute Gasteiger partial charge is 0.394 e. The molecule has 2 aliphatic heterocycles. The third-order valence-electron chi connectivity index (χ3n) is 8.39. The second-order valence-electron chi connectivity index (χ2n) is 11.6. The summed E-state index contributed by atoms with van der Waals surface area (Å²) in [6.07, 6.45) is 5.61. The molecule has 4 aromatic rings. The summed E-state index contributed by atoms with van der Waals surface area (Å²) in [5.74, 6) is 0.239. The van der Waals surface area contributed by atoms with Gasteiger partial charge in [-0.1, -0.05) is 72.8 Å². The summed E-state index contributed by atoms with van der Waals surface area (Å²) in [5.41, 5.74) is 3.54. The van der Waals surface area contributed by atoms with Gasteiger partial charge in [0, 0.05) is 24.6 Å². The predicted molar refractivity (Wildman–Crippen MR) is 178 cm³/mol. The molecule has 0 aromatic heterocycles. The van der Waals surface area contributed by atoms with E-state index in [9.17, 15) is 15.0 Å². The van der Waals surface area contributed by atoms with Gasteiger partial charge in [0.15, 0.2) is 5.78 Å². The number of ether oxygens (including phenoxy) is 2. The summed E-state index contributed by atoms with van der Waals surface area (Å²) in [4.78, 5) is 14.6. The van der Waals surface area contributed by atoms with Crippen LogP contribution in [0.2, 0.25) is 0 Å². The molecule has 2 aliphatic rings. The topological polar surface area (TPSA) is 154 Å². The van der Waals surface area contributed by atoms with E-state index < -0.39 is 10.4 Å². The van der Waals surface area contributed by atoms with Gasteiger partial charge < -0.3 is 24.6 Å². The number of aromatic hydroxyl groups is 2. The number of carbonyl (C=O) groups excluding carboxylic acids is 1. The highest BCUT2D eigenvalue weighted by atomic mass is 32.3. The van der Waals surface area contributed by atoms with Crippen molar-refractivity contribution >= 4 is 16.2 Å². The number of ketones is 1. The SMILES string of the molecule is CN1C2CCC1CC(OC(c1ccccc1)c1ccccc1)C2.COc1ccc(CC(=O)c2ccc(O)cc2O)cc1.O=S(=O)(O)O. The average molecular weight is 664 g/mol. The number of phenols is 2. The van der Waals surface area contributed by atoms with Gasteiger partial charge in [0.1, 0.15) is 23.4 Å². The molecule has 6 rings (SSSR count). The Kier molecular flexibility index (Phi) is 12.5. The quantitative estimate of drug-likeness (QED) is 0.125. The van der Waals surface area contributed by atoms with E-state index in [-0.39, 0.29) is 35.4 Å². The average Bonchev–Trinajstić information content (AvgIpc) is 3.24. The standard InChI is InChI=1S/C21H25NO.C15H14O4.H2O4S/c1-22-18-12-13-19(22)15-20(14-18)23-21(16-8-4-2-5-9-16)17-10-6-3-7-11-17;1-19-12-5-2-10(3-6-12)8-14(17)13-7-4-11(16)9-15(13)18;1-5(2,3)4/h2-11,18-21H,12-15H2,1H3;2-7,9,16,18H,8H2,1H3;(H2,1,2,3,4). The molecule has 2 heterocycles. The molecule has 0 amide bonds. The normalized spacial score (nSPS) is 18.8. The lowest BCUT2D eigenvalue weighted by molar-refractivity contribution is -0.0426. The van der Waals surface area contributed by atoms with Crippen LogP contribution in [0.15, 0.2) is 103 Å². The number of phenolic OH excluding ortho intramolecular Hbond substituents is 2. The molecule has 2 unspecified atom stereocenters. The van der Waals surface area contributed by atoms with Crippen LogP contribution >= 0.6 is 0 Å². The Bertz CT molecular complexity index is 1620. The first kappa shape index (κ1) is 35.6. The number of benzene rings is 4. The Balaban J connectivity index is 0.000000189. The fourth-order valence-electron chi connectivity index (χ4n) is 6.05. The van der Waals surface area contributed by atoms with Crippen molar-refractivity contribution in [1.29, 1.82) is 0 Å². The van der Waals surface area contributed by atoms with Crippen molar-refractivity contribution in [2.45, 2.75) is 56.4 Å². The van der Waals surface area contributed by atoms with Crippen LogP contribution in [-0.4, -0.2) is 70.8 Å². The first-order chi connectivity index (χ1) is 22.4. The summed E-state index contributed by atoms with van der Waals surface area (Å²) >= 11 is 0. The summed E-state index contributed by atoms with van der Waals surface area (Å²) in [5, 5.41) is 18.8. The van der Waals surface area contributed by atoms with E-state index in [0.717, 1.165) is 17.4 Å². The fraction of sp³-hybridized carbons (Fsp3) is 0.306. The van der Waals surface area contributed by atoms with Crippen molar-refractivity contribution in [2.24, 2.45) is 0 Å². The molecule has 4 aromatic carbocycles. The van der Waals surface area contributed by atoms with Crippen LogP contribution in [0.5, 0.6) is 17.2 Å². The van der Waals surface area contributed by atoms with Crippen LogP contribution in [0.25, 0.3) is 0 Å². The molecule has 250 valence electrons. The Morgan fingerprint density at radius 3 is 1.81 bits per heavy atom. The number of rotatable bonds is 8. The molecule has 2 fully saturated rings. The highest BCUT2D eigenvalue weighted by Gasteiger charge is 2.39. The number of carbonyl (C=O) groups is 1. The fourth-order valence-corrected chi connectivity index (χ4v) is 6.05. The van der Waals surface area contributed by atoms with Crippen molar-refractivity contribution in [3.63, 3.8) is 0 Å². The highest BCUT2D eigenvalue weighted by molar-refractivity contribution is 7.79. The lowest BCUT2D eigenvalue weighted by atomic mass is 9.97. The van der Waals surface area contributed by atoms with Gasteiger partial charge in [-0.25, -0.2) is 0 Å². The molecule has 0 spiro atoms. The zero-order valence-corrected chi connectivity index (χ0v) is 27.2. The lowest BCUT2D eigenvalue weighted by Gasteiger charge is -2.38. The number of Topliss-reactive ketones (excluding diaryl/α,β-unsaturated/α-hetero) is 1. The van der Waals surface area contributed by atoms with Crippen LogP contribution in [0.1, 0.15) is 58.8 Å². The third kappa shape index (κ3) is 10.9. The van der Waals surface area contributed by atoms with Crippen LogP contribution in [0, 0.1) is 0 Å². The van der Waals surface area contributed by atoms with E-state index in [1.807, 2.05) is 0 Å². The van der Waals surface area contributed by atoms with Crippen LogP contribution in [0.4, 0.5) is 0 Å². The van der Waals surface area contributed by atoms with Gasteiger partial charge in [-0.05, 0) is 73.7 Å². The van der Waals surface area contributed by atoms with Crippen molar-refractivity contribution < 1.29 is 42.0 Å². The Morgan fingerprint density at radius 2 is 1.34 bits per heavy atom. The van der Waals surface area contributed by atoms with Crippen molar-refractivity contribution in [1.82, 2.24) is 4.90 Å². The molecule has 11 heteroatoms. The highest BCUT2D eigenvalue weighted by Crippen LogP contribution is 2.38. The van der Waals surface area contributed by atoms with E-state index in [1.165, 1.54) is 48.9 Å². The number of hydrogen-bond donors (Lipinski definition) is 4. The largest absolute Gasteiger partial charge is 0.508 e. The van der Waals surface area contributed by atoms with Gasteiger partial charge in [0.05, 0.1) is 18.8 Å². The molecule has 0 aliphatic carbocycles. The van der Waals surface area contributed by atoms with Gasteiger partial charge in [0.25, 0.3) is 0 Å². The number of nitrogens with zero attached hydrogens (tertiary/aromatic N) is 1. The molecule has 2 atom stereocenters. The minimum absolute atomic E-state index is 0.0465. The molecule has 2 saturated heterocycles. The van der Waals surface area contributed by atoms with Gasteiger partial charge in [-0.2, -0.15) is 8.42 Å². The van der Waals surface area contributed by atoms with Gasteiger partial charge >= 0.3 is 10.4 Å². The number of piperidine rings is 1. The maximum absolute atomic E-state index is 12.0. The minimum atomic E-state index is -4.67. The van der Waals surface area contributed by atoms with Crippen LogP contribution < -0.4 is 4.74 Å². The first-order valence-electron chi connectivity index (χ1n) is 15.3. The Labute approximate surface area is 275 Å². The van der Waals surface area contributed by atoms with Gasteiger partial charge in [-0.3, -0.25) is 13.9 Å². The van der Waals surface area contributed by atoms with E-state index in [1.54, 1.807) is 31.4 Å².